The standard InChI is InChI=1S/C26H38O6Si/c1-6-29-33(30-7-2,31-8-3)20-12-19-28-24-17-15-22(16-18-24)25(27)26(32-21(4)5)23-13-10-9-11-14-23/h9-11,13-18,21,26H,6-8,12,19-20H2,1-5H3. The van der Waals surface area contributed by atoms with Gasteiger partial charge in [0.1, 0.15) is 11.9 Å². The lowest BCUT2D eigenvalue weighted by atomic mass is 9.99. The summed E-state index contributed by atoms with van der Waals surface area (Å²) >= 11 is 0. The van der Waals surface area contributed by atoms with E-state index < -0.39 is 14.9 Å². The Bertz CT molecular complexity index is 792. The van der Waals surface area contributed by atoms with Gasteiger partial charge in [0, 0.05) is 31.4 Å². The van der Waals surface area contributed by atoms with Gasteiger partial charge in [0.25, 0.3) is 0 Å². The van der Waals surface area contributed by atoms with Crippen molar-refractivity contribution >= 4 is 14.6 Å². The van der Waals surface area contributed by atoms with E-state index in [9.17, 15) is 4.79 Å². The van der Waals surface area contributed by atoms with Crippen molar-refractivity contribution in [3.05, 3.63) is 65.7 Å². The molecule has 7 heteroatoms. The maximum atomic E-state index is 13.1. The minimum atomic E-state index is -2.65. The van der Waals surface area contributed by atoms with E-state index in [4.69, 9.17) is 22.8 Å². The predicted octanol–water partition coefficient (Wildman–Crippen LogP) is 5.85. The van der Waals surface area contributed by atoms with Gasteiger partial charge in [-0.1, -0.05) is 30.3 Å². The number of ether oxygens (including phenoxy) is 2. The van der Waals surface area contributed by atoms with Crippen molar-refractivity contribution in [3.63, 3.8) is 0 Å². The monoisotopic (exact) mass is 474 g/mol. The molecule has 2 aromatic carbocycles. The number of benzene rings is 2. The summed E-state index contributed by atoms with van der Waals surface area (Å²) in [5.74, 6) is 0.645. The maximum absolute atomic E-state index is 13.1. The predicted molar refractivity (Wildman–Crippen MR) is 132 cm³/mol. The zero-order valence-electron chi connectivity index (χ0n) is 20.5. The molecule has 2 rings (SSSR count). The van der Waals surface area contributed by atoms with E-state index in [1.54, 1.807) is 12.1 Å². The Morgan fingerprint density at radius 2 is 1.42 bits per heavy atom. The Morgan fingerprint density at radius 3 is 1.94 bits per heavy atom. The molecule has 2 aromatic rings. The first-order valence-electron chi connectivity index (χ1n) is 11.8. The second kappa shape index (κ2) is 14.3. The first-order valence-corrected chi connectivity index (χ1v) is 13.8. The number of rotatable bonds is 16. The highest BCUT2D eigenvalue weighted by atomic mass is 28.4. The van der Waals surface area contributed by atoms with Gasteiger partial charge in [-0.2, -0.15) is 0 Å². The van der Waals surface area contributed by atoms with Gasteiger partial charge in [-0.25, -0.2) is 0 Å². The molecule has 6 nitrogen and oxygen atoms in total. The van der Waals surface area contributed by atoms with E-state index in [2.05, 4.69) is 0 Å². The molecule has 0 aliphatic rings. The van der Waals surface area contributed by atoms with Crippen molar-refractivity contribution < 1.29 is 27.5 Å². The zero-order valence-corrected chi connectivity index (χ0v) is 21.5. The highest BCUT2D eigenvalue weighted by Gasteiger charge is 2.39. The van der Waals surface area contributed by atoms with E-state index in [1.165, 1.54) is 0 Å². The second-order valence-corrected chi connectivity index (χ2v) is 10.5. The normalized spacial score (nSPS) is 12.7. The van der Waals surface area contributed by atoms with Crippen LogP contribution in [-0.2, 0) is 18.0 Å². The summed E-state index contributed by atoms with van der Waals surface area (Å²) in [6.45, 7) is 11.9. The molecule has 0 N–H and O–H groups in total. The number of Topliss-reactive ketones (excluding diaryl/α,β-unsaturated/α-hetero) is 1. The highest BCUT2D eigenvalue weighted by molar-refractivity contribution is 6.60. The van der Waals surface area contributed by atoms with Crippen molar-refractivity contribution in [2.24, 2.45) is 0 Å². The van der Waals surface area contributed by atoms with E-state index in [-0.39, 0.29) is 11.9 Å². The van der Waals surface area contributed by atoms with Crippen LogP contribution in [-0.4, -0.2) is 47.1 Å². The molecule has 0 radical (unpaired) electrons. The molecule has 0 fully saturated rings. The summed E-state index contributed by atoms with van der Waals surface area (Å²) in [6, 6.07) is 17.5. The lowest BCUT2D eigenvalue weighted by Gasteiger charge is -2.28. The Hall–Kier alpha value is -2.03. The molecule has 1 atom stereocenters. The van der Waals surface area contributed by atoms with Crippen LogP contribution < -0.4 is 4.74 Å². The molecule has 0 aromatic heterocycles. The second-order valence-electron chi connectivity index (χ2n) is 7.80. The molecule has 33 heavy (non-hydrogen) atoms. The third-order valence-electron chi connectivity index (χ3n) is 4.88. The van der Waals surface area contributed by atoms with Crippen LogP contribution in [0.25, 0.3) is 0 Å². The van der Waals surface area contributed by atoms with Crippen molar-refractivity contribution in [2.75, 3.05) is 26.4 Å². The Balaban J connectivity index is 1.96. The van der Waals surface area contributed by atoms with E-state index in [0.29, 0.717) is 43.8 Å². The minimum absolute atomic E-state index is 0.0671. The zero-order chi connectivity index (χ0) is 24.1. The molecule has 0 saturated heterocycles. The van der Waals surface area contributed by atoms with Crippen LogP contribution in [0.15, 0.2) is 54.6 Å². The van der Waals surface area contributed by atoms with Gasteiger partial charge in [-0.05, 0) is 70.9 Å². The van der Waals surface area contributed by atoms with Gasteiger partial charge in [-0.15, -0.1) is 0 Å². The number of carbonyl (C=O) groups excluding carboxylic acids is 1. The molecule has 1 unspecified atom stereocenters. The highest BCUT2D eigenvalue weighted by Crippen LogP contribution is 2.25. The van der Waals surface area contributed by atoms with Crippen molar-refractivity contribution in [2.45, 2.75) is 59.3 Å². The number of hydrogen-bond donors (Lipinski definition) is 0. The summed E-state index contributed by atoms with van der Waals surface area (Å²) in [5, 5.41) is 0. The SMILES string of the molecule is CCO[Si](CCCOc1ccc(C(=O)C(OC(C)C)c2ccccc2)cc1)(OCC)OCC. The van der Waals surface area contributed by atoms with Crippen LogP contribution in [0.5, 0.6) is 5.75 Å². The Morgan fingerprint density at radius 1 is 0.848 bits per heavy atom. The van der Waals surface area contributed by atoms with Gasteiger partial charge in [0.15, 0.2) is 5.78 Å². The van der Waals surface area contributed by atoms with Gasteiger partial charge in [0.05, 0.1) is 12.7 Å². The fraction of sp³-hybridized carbons (Fsp3) is 0.500. The van der Waals surface area contributed by atoms with Crippen molar-refractivity contribution in [1.29, 1.82) is 0 Å². The fourth-order valence-electron chi connectivity index (χ4n) is 3.54. The van der Waals surface area contributed by atoms with Gasteiger partial charge < -0.3 is 22.8 Å². The van der Waals surface area contributed by atoms with E-state index in [1.807, 2.05) is 77.1 Å². The minimum Gasteiger partial charge on any atom is -0.494 e. The van der Waals surface area contributed by atoms with E-state index in [0.717, 1.165) is 12.0 Å². The van der Waals surface area contributed by atoms with E-state index >= 15 is 0 Å². The molecule has 0 aliphatic carbocycles. The van der Waals surface area contributed by atoms with Crippen LogP contribution in [0.1, 0.15) is 63.1 Å². The smallest absolute Gasteiger partial charge is 0.494 e. The first kappa shape index (κ1) is 27.2. The average Bonchev–Trinajstić information content (AvgIpc) is 2.81. The average molecular weight is 475 g/mol. The Kier molecular flexibility index (Phi) is 11.8. The molecule has 0 amide bonds. The summed E-state index contributed by atoms with van der Waals surface area (Å²) in [7, 11) is -2.65. The first-order chi connectivity index (χ1) is 15.9. The largest absolute Gasteiger partial charge is 0.501 e. The number of carbonyl (C=O) groups is 1. The summed E-state index contributed by atoms with van der Waals surface area (Å²) in [5.41, 5.74) is 1.44. The number of ketones is 1. The third-order valence-corrected chi connectivity index (χ3v) is 8.03. The topological polar surface area (TPSA) is 63.2 Å². The molecular formula is C26H38O6Si. The number of hydrogen-bond acceptors (Lipinski definition) is 6. The van der Waals surface area contributed by atoms with Gasteiger partial charge in [-0.3, -0.25) is 4.79 Å². The Labute approximate surface area is 199 Å². The molecule has 0 aliphatic heterocycles. The third kappa shape index (κ3) is 8.68. The molecular weight excluding hydrogens is 436 g/mol. The van der Waals surface area contributed by atoms with Crippen LogP contribution >= 0.6 is 0 Å². The van der Waals surface area contributed by atoms with Crippen molar-refractivity contribution in [3.8, 4) is 5.75 Å². The maximum Gasteiger partial charge on any atom is 0.501 e. The lowest BCUT2D eigenvalue weighted by molar-refractivity contribution is 0.0114. The molecule has 0 bridgehead atoms. The van der Waals surface area contributed by atoms with Gasteiger partial charge in [0.2, 0.25) is 0 Å². The van der Waals surface area contributed by atoms with Gasteiger partial charge >= 0.3 is 8.80 Å². The summed E-state index contributed by atoms with van der Waals surface area (Å²) < 4.78 is 29.5. The molecule has 0 saturated carbocycles. The summed E-state index contributed by atoms with van der Waals surface area (Å²) in [4.78, 5) is 13.1. The van der Waals surface area contributed by atoms with Crippen LogP contribution in [0, 0.1) is 0 Å². The van der Waals surface area contributed by atoms with Crippen LogP contribution in [0.4, 0.5) is 0 Å². The molecule has 0 heterocycles. The van der Waals surface area contributed by atoms with Crippen LogP contribution in [0.3, 0.4) is 0 Å². The van der Waals surface area contributed by atoms with Crippen molar-refractivity contribution in [1.82, 2.24) is 0 Å². The molecule has 182 valence electrons. The lowest BCUT2D eigenvalue weighted by Crippen LogP contribution is -2.46. The quantitative estimate of drug-likeness (QED) is 0.173. The molecule has 0 spiro atoms. The summed E-state index contributed by atoms with van der Waals surface area (Å²) in [6.07, 6.45) is 0.0554. The fourth-order valence-corrected chi connectivity index (χ4v) is 6.12. The van der Waals surface area contributed by atoms with Crippen LogP contribution in [0.2, 0.25) is 6.04 Å².